The Morgan fingerprint density at radius 1 is 0.429 bits per heavy atom. The summed E-state index contributed by atoms with van der Waals surface area (Å²) in [6, 6.07) is 33.8. The van der Waals surface area contributed by atoms with E-state index in [0.29, 0.717) is 0 Å². The molecule has 0 radical (unpaired) electrons. The van der Waals surface area contributed by atoms with Gasteiger partial charge in [-0.2, -0.15) is 0 Å². The predicted molar refractivity (Wildman–Crippen MR) is 129 cm³/mol. The van der Waals surface area contributed by atoms with Crippen molar-refractivity contribution in [3.63, 3.8) is 0 Å². The molecule has 0 saturated heterocycles. The molecule has 0 aliphatic heterocycles. The summed E-state index contributed by atoms with van der Waals surface area (Å²) in [5, 5.41) is 2.53. The van der Waals surface area contributed by atoms with Gasteiger partial charge in [-0.25, -0.2) is 0 Å². The molecule has 128 valence electrons. The second kappa shape index (κ2) is 11.0. The van der Waals surface area contributed by atoms with Crippen molar-refractivity contribution in [3.05, 3.63) is 119 Å². The van der Waals surface area contributed by atoms with Gasteiger partial charge in [-0.1, -0.05) is 121 Å². The number of fused-ring (bicyclic) bond motifs is 1. The molecule has 28 heavy (non-hydrogen) atoms. The Bertz CT molecular complexity index is 1070. The van der Waals surface area contributed by atoms with E-state index >= 15 is 0 Å². The summed E-state index contributed by atoms with van der Waals surface area (Å²) >= 11 is 0. The molecule has 0 aliphatic carbocycles. The van der Waals surface area contributed by atoms with Gasteiger partial charge in [0.05, 0.1) is 0 Å². The minimum atomic E-state index is 0. The molecule has 0 heterocycles. The van der Waals surface area contributed by atoms with Crippen LogP contribution in [-0.2, 0) is 0 Å². The molecule has 0 fully saturated rings. The monoisotopic (exact) mass is 348 g/mol. The van der Waals surface area contributed by atoms with E-state index in [-0.39, 0.29) is 37.7 Å². The van der Waals surface area contributed by atoms with Crippen LogP contribution in [0.2, 0.25) is 0 Å². The molecule has 4 rings (SSSR count). The van der Waals surface area contributed by atoms with Crippen LogP contribution in [0.1, 0.15) is 22.3 Å². The van der Waals surface area contributed by atoms with E-state index < -0.39 is 0 Å². The third kappa shape index (κ3) is 5.42. The zero-order valence-corrected chi connectivity index (χ0v) is 14.5. The maximum absolute atomic E-state index is 2.22. The normalized spacial score (nSPS) is 10.7. The first-order chi connectivity index (χ1) is 12.9. The molecule has 2 heteroatoms. The van der Waals surface area contributed by atoms with Crippen LogP contribution < -0.4 is 0 Å². The van der Waals surface area contributed by atoms with E-state index in [4.69, 9.17) is 0 Å². The summed E-state index contributed by atoms with van der Waals surface area (Å²) in [6.45, 7) is 0. The van der Waals surface area contributed by atoms with Crippen molar-refractivity contribution in [1.82, 2.24) is 0 Å². The summed E-state index contributed by atoms with van der Waals surface area (Å²) in [5.41, 5.74) is 4.89. The number of benzene rings is 4. The van der Waals surface area contributed by atoms with E-state index in [1.54, 1.807) is 0 Å². The van der Waals surface area contributed by atoms with Crippen LogP contribution in [0.15, 0.2) is 97.1 Å². The van der Waals surface area contributed by atoms with Gasteiger partial charge in [0.25, 0.3) is 0 Å². The summed E-state index contributed by atoms with van der Waals surface area (Å²) in [7, 11) is 0. The average molecular weight is 348 g/mol. The Hall–Kier alpha value is -2.19. The molecule has 0 spiro atoms. The third-order valence-electron chi connectivity index (χ3n) is 4.50. The van der Waals surface area contributed by atoms with Crippen molar-refractivity contribution in [2.24, 2.45) is 0 Å². The van der Waals surface area contributed by atoms with E-state index in [2.05, 4.69) is 109 Å². The summed E-state index contributed by atoms with van der Waals surface area (Å²) in [5.74, 6) is 0. The third-order valence-corrected chi connectivity index (χ3v) is 4.50. The molecule has 0 nitrogen and oxygen atoms in total. The summed E-state index contributed by atoms with van der Waals surface area (Å²) in [6.07, 6.45) is 8.78. The molecule has 0 saturated carbocycles. The van der Waals surface area contributed by atoms with E-state index in [1.165, 1.54) is 33.0 Å². The molecule has 0 unspecified atom stereocenters. The van der Waals surface area contributed by atoms with Crippen molar-refractivity contribution in [1.29, 1.82) is 0 Å². The fraction of sp³-hybridized carbons (Fsp3) is 0. The van der Waals surface area contributed by atoms with Crippen molar-refractivity contribution >= 4 is 72.8 Å². The molecule has 4 aromatic carbocycles. The Labute approximate surface area is 191 Å². The Kier molecular flexibility index (Phi) is 8.66. The number of hydrogen-bond acceptors (Lipinski definition) is 0. The fourth-order valence-corrected chi connectivity index (χ4v) is 3.14. The van der Waals surface area contributed by atoms with Crippen molar-refractivity contribution in [3.8, 4) is 0 Å². The van der Waals surface area contributed by atoms with Gasteiger partial charge in [-0.05, 0) is 33.0 Å². The van der Waals surface area contributed by atoms with Crippen molar-refractivity contribution < 1.29 is 0 Å². The fourth-order valence-electron chi connectivity index (χ4n) is 3.14. The van der Waals surface area contributed by atoms with Crippen LogP contribution in [0.4, 0.5) is 0 Å². The van der Waals surface area contributed by atoms with Crippen LogP contribution in [-0.4, -0.2) is 37.7 Å². The first-order valence-corrected chi connectivity index (χ1v) is 8.88. The Morgan fingerprint density at radius 2 is 0.964 bits per heavy atom. The van der Waals surface area contributed by atoms with Crippen LogP contribution in [0.5, 0.6) is 0 Å². The van der Waals surface area contributed by atoms with Crippen molar-refractivity contribution in [2.75, 3.05) is 0 Å². The van der Waals surface area contributed by atoms with Crippen LogP contribution in [0.25, 0.3) is 35.1 Å². The Balaban J connectivity index is 0.00000140. The van der Waals surface area contributed by atoms with Gasteiger partial charge in [0.2, 0.25) is 0 Å². The second-order valence-corrected chi connectivity index (χ2v) is 6.28. The summed E-state index contributed by atoms with van der Waals surface area (Å²) < 4.78 is 0. The van der Waals surface area contributed by atoms with Crippen LogP contribution in [0.3, 0.4) is 0 Å². The van der Waals surface area contributed by atoms with E-state index in [1.807, 2.05) is 12.1 Å². The molecule has 4 aromatic rings. The molecule has 0 bridgehead atoms. The zero-order valence-electron chi connectivity index (χ0n) is 14.5. The van der Waals surface area contributed by atoms with Gasteiger partial charge in [0.1, 0.15) is 0 Å². The second-order valence-electron chi connectivity index (χ2n) is 6.28. The Morgan fingerprint density at radius 3 is 1.61 bits per heavy atom. The molecule has 0 atom stereocenters. The standard InChI is InChI=1S/C26H20.2Li.2H/c1-3-9-21(10-4-1)15-17-24-19-18-23-13-7-8-14-25(23)26(24)20-16-22-11-5-2-6-12-22;;;;/h1-20H;;;;. The molecular weight excluding hydrogens is 326 g/mol. The van der Waals surface area contributed by atoms with E-state index in [0.717, 1.165) is 0 Å². The topological polar surface area (TPSA) is 0 Å². The van der Waals surface area contributed by atoms with Gasteiger partial charge in [-0.3, -0.25) is 0 Å². The molecule has 0 N–H and O–H groups in total. The molecule has 0 amide bonds. The summed E-state index contributed by atoms with van der Waals surface area (Å²) in [4.78, 5) is 0. The molecule has 0 aromatic heterocycles. The van der Waals surface area contributed by atoms with Crippen molar-refractivity contribution in [2.45, 2.75) is 0 Å². The number of hydrogen-bond donors (Lipinski definition) is 0. The number of rotatable bonds is 4. The SMILES string of the molecule is C(=Cc1ccc2ccccc2c1C=Cc1ccccc1)c1ccccc1.[LiH].[LiH]. The van der Waals surface area contributed by atoms with Crippen LogP contribution >= 0.6 is 0 Å². The average Bonchev–Trinajstić information content (AvgIpc) is 2.72. The van der Waals surface area contributed by atoms with E-state index in [9.17, 15) is 0 Å². The van der Waals surface area contributed by atoms with Gasteiger partial charge >= 0.3 is 37.7 Å². The maximum atomic E-state index is 2.22. The van der Waals surface area contributed by atoms with Crippen LogP contribution in [0, 0.1) is 0 Å². The molecular formula is C26H22Li2. The van der Waals surface area contributed by atoms with Gasteiger partial charge in [0.15, 0.2) is 0 Å². The van der Waals surface area contributed by atoms with Gasteiger partial charge < -0.3 is 0 Å². The minimum absolute atomic E-state index is 0. The predicted octanol–water partition coefficient (Wildman–Crippen LogP) is 5.88. The first kappa shape index (κ1) is 22.1. The van der Waals surface area contributed by atoms with Gasteiger partial charge in [0, 0.05) is 0 Å². The quantitative estimate of drug-likeness (QED) is 0.319. The zero-order chi connectivity index (χ0) is 17.6. The van der Waals surface area contributed by atoms with Gasteiger partial charge in [-0.15, -0.1) is 0 Å². The molecule has 0 aliphatic rings. The first-order valence-electron chi connectivity index (χ1n) is 8.88.